The number of carbonyl (C=O) groups excluding carboxylic acids is 1. The summed E-state index contributed by atoms with van der Waals surface area (Å²) < 4.78 is 52.6. The predicted octanol–water partition coefficient (Wildman–Crippen LogP) is 0.246. The van der Waals surface area contributed by atoms with Crippen LogP contribution in [0, 0.1) is 0 Å². The molecule has 8 heteroatoms. The SMILES string of the molecule is C=CS(=O)(=O)NC(C)(C(=O)OC)C(F)F. The van der Waals surface area contributed by atoms with Crippen molar-refractivity contribution < 1.29 is 26.7 Å². The van der Waals surface area contributed by atoms with Crippen LogP contribution in [0.5, 0.6) is 0 Å². The van der Waals surface area contributed by atoms with Gasteiger partial charge in [0.25, 0.3) is 6.43 Å². The summed E-state index contributed by atoms with van der Waals surface area (Å²) in [5.41, 5.74) is -2.61. The number of methoxy groups -OCH3 is 1. The molecule has 0 bridgehead atoms. The first-order chi connectivity index (χ1) is 6.69. The molecule has 1 atom stereocenters. The molecule has 1 N–H and O–H groups in total. The molecule has 5 nitrogen and oxygen atoms in total. The van der Waals surface area contributed by atoms with Gasteiger partial charge in [-0.2, -0.15) is 4.72 Å². The Bertz CT molecular complexity index is 354. The average molecular weight is 243 g/mol. The third-order valence-corrected chi connectivity index (χ3v) is 2.77. The second-order valence-corrected chi connectivity index (χ2v) is 4.44. The lowest BCUT2D eigenvalue weighted by Crippen LogP contribution is -2.57. The molecular weight excluding hydrogens is 232 g/mol. The van der Waals surface area contributed by atoms with Crippen LogP contribution in [0.2, 0.25) is 0 Å². The molecule has 0 aromatic heterocycles. The molecule has 0 radical (unpaired) electrons. The maximum absolute atomic E-state index is 12.5. The quantitative estimate of drug-likeness (QED) is 0.702. The van der Waals surface area contributed by atoms with Crippen molar-refractivity contribution in [3.63, 3.8) is 0 Å². The highest BCUT2D eigenvalue weighted by molar-refractivity contribution is 7.92. The van der Waals surface area contributed by atoms with E-state index in [2.05, 4.69) is 11.3 Å². The van der Waals surface area contributed by atoms with E-state index in [1.807, 2.05) is 0 Å². The summed E-state index contributed by atoms with van der Waals surface area (Å²) in [4.78, 5) is 11.0. The number of hydrogen-bond acceptors (Lipinski definition) is 4. The fraction of sp³-hybridized carbons (Fsp3) is 0.571. The number of rotatable bonds is 5. The van der Waals surface area contributed by atoms with Gasteiger partial charge in [0.15, 0.2) is 5.54 Å². The van der Waals surface area contributed by atoms with E-state index in [1.165, 1.54) is 4.72 Å². The molecule has 0 fully saturated rings. The Morgan fingerprint density at radius 2 is 2.07 bits per heavy atom. The number of halogens is 2. The van der Waals surface area contributed by atoms with E-state index < -0.39 is 28.0 Å². The topological polar surface area (TPSA) is 72.5 Å². The predicted molar refractivity (Wildman–Crippen MR) is 48.7 cm³/mol. The van der Waals surface area contributed by atoms with Crippen molar-refractivity contribution in [2.75, 3.05) is 7.11 Å². The highest BCUT2D eigenvalue weighted by atomic mass is 32.2. The molecule has 0 heterocycles. The largest absolute Gasteiger partial charge is 0.467 e. The van der Waals surface area contributed by atoms with Crippen molar-refractivity contribution in [2.24, 2.45) is 0 Å². The van der Waals surface area contributed by atoms with E-state index in [0.29, 0.717) is 5.41 Å². The van der Waals surface area contributed by atoms with Crippen LogP contribution in [-0.2, 0) is 19.6 Å². The van der Waals surface area contributed by atoms with Crippen molar-refractivity contribution in [1.82, 2.24) is 4.72 Å². The van der Waals surface area contributed by atoms with Gasteiger partial charge in [-0.05, 0) is 6.92 Å². The van der Waals surface area contributed by atoms with Crippen molar-refractivity contribution in [2.45, 2.75) is 18.9 Å². The fourth-order valence-electron chi connectivity index (χ4n) is 0.725. The lowest BCUT2D eigenvalue weighted by molar-refractivity contribution is -0.153. The van der Waals surface area contributed by atoms with Crippen LogP contribution in [0.4, 0.5) is 8.78 Å². The second kappa shape index (κ2) is 4.67. The molecule has 0 saturated carbocycles. The van der Waals surface area contributed by atoms with Gasteiger partial charge >= 0.3 is 5.97 Å². The smallest absolute Gasteiger partial charge is 0.332 e. The summed E-state index contributed by atoms with van der Waals surface area (Å²) in [6.07, 6.45) is -3.24. The van der Waals surface area contributed by atoms with Crippen molar-refractivity contribution in [3.8, 4) is 0 Å². The van der Waals surface area contributed by atoms with E-state index in [9.17, 15) is 22.0 Å². The molecule has 0 amide bonds. The minimum atomic E-state index is -4.14. The number of sulfonamides is 1. The molecular formula is C7H11F2NO4S. The maximum atomic E-state index is 12.5. The maximum Gasteiger partial charge on any atom is 0.332 e. The van der Waals surface area contributed by atoms with Crippen LogP contribution in [0.3, 0.4) is 0 Å². The first-order valence-corrected chi connectivity index (χ1v) is 5.27. The van der Waals surface area contributed by atoms with Gasteiger partial charge in [-0.15, -0.1) is 0 Å². The van der Waals surface area contributed by atoms with Gasteiger partial charge in [-0.1, -0.05) is 6.58 Å². The number of nitrogens with one attached hydrogen (secondary N) is 1. The normalized spacial score (nSPS) is 15.8. The van der Waals surface area contributed by atoms with Crippen LogP contribution >= 0.6 is 0 Å². The first kappa shape index (κ1) is 14.0. The number of ether oxygens (including phenoxy) is 1. The summed E-state index contributed by atoms with van der Waals surface area (Å²) >= 11 is 0. The zero-order valence-corrected chi connectivity index (χ0v) is 8.98. The third kappa shape index (κ3) is 3.24. The molecule has 0 aliphatic carbocycles. The molecule has 88 valence electrons. The Kier molecular flexibility index (Phi) is 4.35. The Labute approximate surface area is 86.2 Å². The zero-order chi connectivity index (χ0) is 12.3. The monoisotopic (exact) mass is 243 g/mol. The van der Waals surface area contributed by atoms with E-state index in [0.717, 1.165) is 14.0 Å². The first-order valence-electron chi connectivity index (χ1n) is 3.72. The summed E-state index contributed by atoms with van der Waals surface area (Å²) in [5, 5.41) is 0.427. The van der Waals surface area contributed by atoms with Gasteiger partial charge < -0.3 is 4.74 Å². The molecule has 0 aliphatic rings. The minimum absolute atomic E-state index is 0.427. The molecule has 1 unspecified atom stereocenters. The van der Waals surface area contributed by atoms with Gasteiger partial charge in [0, 0.05) is 5.41 Å². The summed E-state index contributed by atoms with van der Waals surface area (Å²) in [7, 11) is -3.26. The van der Waals surface area contributed by atoms with Gasteiger partial charge in [-0.25, -0.2) is 22.0 Å². The van der Waals surface area contributed by atoms with Crippen LogP contribution in [0.1, 0.15) is 6.92 Å². The van der Waals surface area contributed by atoms with E-state index in [1.54, 1.807) is 0 Å². The summed E-state index contributed by atoms with van der Waals surface area (Å²) in [6, 6.07) is 0. The lowest BCUT2D eigenvalue weighted by atomic mass is 10.1. The van der Waals surface area contributed by atoms with Gasteiger partial charge in [0.1, 0.15) is 0 Å². The Morgan fingerprint density at radius 1 is 1.60 bits per heavy atom. The molecule has 15 heavy (non-hydrogen) atoms. The van der Waals surface area contributed by atoms with Crippen LogP contribution in [0.15, 0.2) is 12.0 Å². The van der Waals surface area contributed by atoms with Crippen LogP contribution < -0.4 is 4.72 Å². The van der Waals surface area contributed by atoms with E-state index >= 15 is 0 Å². The van der Waals surface area contributed by atoms with Crippen LogP contribution in [0.25, 0.3) is 0 Å². The lowest BCUT2D eigenvalue weighted by Gasteiger charge is -2.25. The molecule has 0 saturated heterocycles. The average Bonchev–Trinajstić information content (AvgIpc) is 2.15. The van der Waals surface area contributed by atoms with E-state index in [-0.39, 0.29) is 0 Å². The molecule has 0 aromatic rings. The second-order valence-electron chi connectivity index (χ2n) is 2.81. The van der Waals surface area contributed by atoms with Gasteiger partial charge in [-0.3, -0.25) is 0 Å². The summed E-state index contributed by atoms with van der Waals surface area (Å²) in [6.45, 7) is 3.64. The zero-order valence-electron chi connectivity index (χ0n) is 8.16. The third-order valence-electron chi connectivity index (χ3n) is 1.62. The molecule has 0 aliphatic heterocycles. The number of carbonyl (C=O) groups is 1. The Hall–Kier alpha value is -1.02. The molecule has 0 spiro atoms. The minimum Gasteiger partial charge on any atom is -0.467 e. The van der Waals surface area contributed by atoms with Crippen LogP contribution in [-0.4, -0.2) is 33.5 Å². The van der Waals surface area contributed by atoms with E-state index in [4.69, 9.17) is 0 Å². The number of esters is 1. The number of alkyl halides is 2. The highest BCUT2D eigenvalue weighted by Crippen LogP contribution is 2.18. The number of hydrogen-bond donors (Lipinski definition) is 1. The molecule has 0 rings (SSSR count). The van der Waals surface area contributed by atoms with Gasteiger partial charge in [0.2, 0.25) is 10.0 Å². The molecule has 0 aromatic carbocycles. The van der Waals surface area contributed by atoms with Gasteiger partial charge in [0.05, 0.1) is 7.11 Å². The standard InChI is InChI=1S/C7H11F2NO4S/c1-4-15(12,13)10-7(2,5(8)9)6(11)14-3/h4-5,10H,1H2,2-3H3. The van der Waals surface area contributed by atoms with Crippen molar-refractivity contribution >= 4 is 16.0 Å². The fourth-order valence-corrected chi connectivity index (χ4v) is 1.57. The van der Waals surface area contributed by atoms with Crippen molar-refractivity contribution in [1.29, 1.82) is 0 Å². The Morgan fingerprint density at radius 3 is 2.33 bits per heavy atom. The highest BCUT2D eigenvalue weighted by Gasteiger charge is 2.46. The van der Waals surface area contributed by atoms with Crippen molar-refractivity contribution in [3.05, 3.63) is 12.0 Å². The Balaban J connectivity index is 5.16. The summed E-state index contributed by atoms with van der Waals surface area (Å²) in [5.74, 6) is -1.37.